The summed E-state index contributed by atoms with van der Waals surface area (Å²) < 4.78 is 2.55. The highest BCUT2D eigenvalue weighted by molar-refractivity contribution is 7.95. The summed E-state index contributed by atoms with van der Waals surface area (Å²) in [5.41, 5.74) is 0. The lowest BCUT2D eigenvalue weighted by Crippen LogP contribution is -2.27. The number of hydrogen-bond donors (Lipinski definition) is 0. The molecule has 0 spiro atoms. The molecule has 3 aromatic rings. The van der Waals surface area contributed by atoms with Crippen molar-refractivity contribution in [2.75, 3.05) is 6.54 Å². The topological polar surface area (TPSA) is 3.24 Å². The Bertz CT molecular complexity index is 728. The van der Waals surface area contributed by atoms with Gasteiger partial charge in [0.25, 0.3) is 0 Å². The Kier molecular flexibility index (Phi) is 7.66. The highest BCUT2D eigenvalue weighted by atomic mass is 35.7. The molecule has 3 rings (SSSR count). The zero-order valence-corrected chi connectivity index (χ0v) is 17.5. The van der Waals surface area contributed by atoms with Gasteiger partial charge in [-0.15, -0.1) is 0 Å². The Labute approximate surface area is 164 Å². The second-order valence-corrected chi connectivity index (χ2v) is 11.0. The van der Waals surface area contributed by atoms with Crippen LogP contribution in [-0.2, 0) is 0 Å². The molecule has 0 radical (unpaired) electrons. The second-order valence-electron chi connectivity index (χ2n) is 6.03. The normalized spacial score (nSPS) is 12.5. The van der Waals surface area contributed by atoms with E-state index in [0.29, 0.717) is 0 Å². The third-order valence-corrected chi connectivity index (χ3v) is 10.2. The van der Waals surface area contributed by atoms with Crippen LogP contribution in [0.2, 0.25) is 0 Å². The van der Waals surface area contributed by atoms with Crippen molar-refractivity contribution in [3.63, 3.8) is 0 Å². The summed E-state index contributed by atoms with van der Waals surface area (Å²) >= 11 is 7.11. The standard InChI is InChI=1S/C22H24ClNP2/c1-2-3-19-24(26(23)22-17-11-6-12-18-22)25(20-13-7-4-8-14-20)21-15-9-5-10-16-21/h4-18H,2-3,19H2,1H3. The molecule has 3 aromatic carbocycles. The summed E-state index contributed by atoms with van der Waals surface area (Å²) in [5.74, 6) is 0. The minimum atomic E-state index is -0.903. The molecule has 4 heteroatoms. The molecule has 0 aliphatic heterocycles. The van der Waals surface area contributed by atoms with E-state index in [-0.39, 0.29) is 0 Å². The molecule has 1 unspecified atom stereocenters. The van der Waals surface area contributed by atoms with Crippen molar-refractivity contribution < 1.29 is 0 Å². The fourth-order valence-corrected chi connectivity index (χ4v) is 8.62. The molecule has 0 bridgehead atoms. The van der Waals surface area contributed by atoms with Crippen LogP contribution in [0.5, 0.6) is 0 Å². The summed E-state index contributed by atoms with van der Waals surface area (Å²) in [7, 11) is -1.56. The number of benzene rings is 3. The second kappa shape index (κ2) is 10.2. The van der Waals surface area contributed by atoms with Gasteiger partial charge in [-0.25, -0.2) is 4.44 Å². The van der Waals surface area contributed by atoms with Gasteiger partial charge in [-0.1, -0.05) is 116 Å². The summed E-state index contributed by atoms with van der Waals surface area (Å²) in [4.78, 5) is 0. The zero-order valence-electron chi connectivity index (χ0n) is 15.0. The quantitative estimate of drug-likeness (QED) is 0.419. The SMILES string of the molecule is CCCCN(P(Cl)c1ccccc1)P(c1ccccc1)c1ccccc1. The molecule has 0 N–H and O–H groups in total. The lowest BCUT2D eigenvalue weighted by Gasteiger charge is -2.35. The van der Waals surface area contributed by atoms with Crippen LogP contribution in [0.1, 0.15) is 19.8 Å². The maximum atomic E-state index is 7.11. The average Bonchev–Trinajstić information content (AvgIpc) is 2.72. The van der Waals surface area contributed by atoms with Crippen LogP contribution >= 0.6 is 26.7 Å². The maximum absolute atomic E-state index is 7.11. The molecule has 0 amide bonds. The number of halogens is 1. The van der Waals surface area contributed by atoms with Gasteiger partial charge in [0, 0.05) is 19.9 Å². The Morgan fingerprint density at radius 3 is 1.54 bits per heavy atom. The van der Waals surface area contributed by atoms with Crippen molar-refractivity contribution >= 4 is 42.7 Å². The monoisotopic (exact) mass is 399 g/mol. The first-order valence-corrected chi connectivity index (χ1v) is 12.5. The average molecular weight is 400 g/mol. The number of hydrogen-bond acceptors (Lipinski definition) is 1. The Morgan fingerprint density at radius 1 is 0.692 bits per heavy atom. The summed E-state index contributed by atoms with van der Waals surface area (Å²) in [6.45, 7) is 3.25. The van der Waals surface area contributed by atoms with Gasteiger partial charge in [0.05, 0.1) is 7.43 Å². The van der Waals surface area contributed by atoms with Crippen molar-refractivity contribution in [1.82, 2.24) is 4.44 Å². The third kappa shape index (κ3) is 4.93. The highest BCUT2D eigenvalue weighted by Crippen LogP contribution is 2.57. The van der Waals surface area contributed by atoms with Gasteiger partial charge < -0.3 is 0 Å². The van der Waals surface area contributed by atoms with E-state index in [9.17, 15) is 0 Å². The van der Waals surface area contributed by atoms with Gasteiger partial charge in [-0.05, 0) is 17.0 Å². The Morgan fingerprint density at radius 2 is 1.12 bits per heavy atom. The molecule has 0 saturated carbocycles. The lowest BCUT2D eigenvalue weighted by atomic mass is 10.3. The van der Waals surface area contributed by atoms with E-state index in [2.05, 4.69) is 102 Å². The number of unbranched alkanes of at least 4 members (excludes halogenated alkanes) is 1. The van der Waals surface area contributed by atoms with E-state index >= 15 is 0 Å². The zero-order chi connectivity index (χ0) is 18.2. The van der Waals surface area contributed by atoms with E-state index in [1.54, 1.807) is 0 Å². The highest BCUT2D eigenvalue weighted by Gasteiger charge is 2.28. The van der Waals surface area contributed by atoms with Crippen molar-refractivity contribution in [1.29, 1.82) is 0 Å². The Hall–Kier alpha value is -1.23. The van der Waals surface area contributed by atoms with Gasteiger partial charge in [-0.2, -0.15) is 0 Å². The molecule has 0 fully saturated rings. The van der Waals surface area contributed by atoms with Gasteiger partial charge in [0.1, 0.15) is 0 Å². The van der Waals surface area contributed by atoms with Crippen molar-refractivity contribution in [2.45, 2.75) is 19.8 Å². The summed E-state index contributed by atoms with van der Waals surface area (Å²) in [5, 5.41) is 3.93. The predicted octanol–water partition coefficient (Wildman–Crippen LogP) is 6.01. The van der Waals surface area contributed by atoms with Crippen molar-refractivity contribution in [3.05, 3.63) is 91.0 Å². The third-order valence-electron chi connectivity index (χ3n) is 4.12. The van der Waals surface area contributed by atoms with E-state index < -0.39 is 15.5 Å². The van der Waals surface area contributed by atoms with Crippen LogP contribution in [0.3, 0.4) is 0 Å². The van der Waals surface area contributed by atoms with Crippen molar-refractivity contribution in [2.24, 2.45) is 0 Å². The van der Waals surface area contributed by atoms with E-state index in [1.165, 1.54) is 15.9 Å². The summed E-state index contributed by atoms with van der Waals surface area (Å²) in [6, 6.07) is 32.2. The lowest BCUT2D eigenvalue weighted by molar-refractivity contribution is 0.648. The molecule has 134 valence electrons. The van der Waals surface area contributed by atoms with Crippen LogP contribution in [0.25, 0.3) is 0 Å². The molecule has 1 nitrogen and oxygen atoms in total. The Balaban J connectivity index is 2.04. The fourth-order valence-electron chi connectivity index (χ4n) is 2.80. The molecule has 0 aromatic heterocycles. The summed E-state index contributed by atoms with van der Waals surface area (Å²) in [6.07, 6.45) is 2.31. The molecular formula is C22H24ClNP2. The largest absolute Gasteiger partial charge is 0.236 e. The van der Waals surface area contributed by atoms with Gasteiger partial charge in [0.15, 0.2) is 0 Å². The van der Waals surface area contributed by atoms with Crippen LogP contribution in [0.4, 0.5) is 0 Å². The molecule has 0 aliphatic rings. The molecule has 0 saturated heterocycles. The van der Waals surface area contributed by atoms with Gasteiger partial charge >= 0.3 is 0 Å². The molecule has 0 heterocycles. The van der Waals surface area contributed by atoms with Crippen LogP contribution in [0.15, 0.2) is 91.0 Å². The van der Waals surface area contributed by atoms with Gasteiger partial charge in [0.2, 0.25) is 0 Å². The minimum absolute atomic E-state index is 0.659. The smallest absolute Gasteiger partial charge is 0.0987 e. The molecular weight excluding hydrogens is 376 g/mol. The first-order chi connectivity index (χ1) is 12.8. The first kappa shape index (κ1) is 19.5. The number of rotatable bonds is 8. The van der Waals surface area contributed by atoms with Crippen LogP contribution in [0, 0.1) is 0 Å². The van der Waals surface area contributed by atoms with Crippen molar-refractivity contribution in [3.8, 4) is 0 Å². The van der Waals surface area contributed by atoms with Crippen LogP contribution in [-0.4, -0.2) is 11.0 Å². The van der Waals surface area contributed by atoms with E-state index in [1.807, 2.05) is 0 Å². The molecule has 26 heavy (non-hydrogen) atoms. The van der Waals surface area contributed by atoms with E-state index in [0.717, 1.165) is 19.4 Å². The van der Waals surface area contributed by atoms with Crippen LogP contribution < -0.4 is 15.9 Å². The van der Waals surface area contributed by atoms with Gasteiger partial charge in [-0.3, -0.25) is 0 Å². The van der Waals surface area contributed by atoms with E-state index in [4.69, 9.17) is 11.2 Å². The maximum Gasteiger partial charge on any atom is 0.0987 e. The first-order valence-electron chi connectivity index (χ1n) is 9.00. The molecule has 1 atom stereocenters. The predicted molar refractivity (Wildman–Crippen MR) is 120 cm³/mol. The number of nitrogens with zero attached hydrogens (tertiary/aromatic N) is 1. The fraction of sp³-hybridized carbons (Fsp3) is 0.182. The minimum Gasteiger partial charge on any atom is -0.236 e. The molecule has 0 aliphatic carbocycles.